The highest BCUT2D eigenvalue weighted by Gasteiger charge is 2.49. The Kier molecular flexibility index (Phi) is 5.79. The summed E-state index contributed by atoms with van der Waals surface area (Å²) in [6, 6.07) is 19.2. The van der Waals surface area contributed by atoms with Crippen LogP contribution in [0.3, 0.4) is 0 Å². The molecular weight excluding hydrogens is 368 g/mol. The molecule has 2 aliphatic heterocycles. The summed E-state index contributed by atoms with van der Waals surface area (Å²) >= 11 is 0. The summed E-state index contributed by atoms with van der Waals surface area (Å²) in [4.78, 5) is 26.8. The molecule has 2 aromatic rings. The van der Waals surface area contributed by atoms with Crippen molar-refractivity contribution >= 4 is 11.9 Å². The van der Waals surface area contributed by atoms with Crippen molar-refractivity contribution in [3.63, 3.8) is 0 Å². The fourth-order valence-corrected chi connectivity index (χ4v) is 4.45. The van der Waals surface area contributed by atoms with E-state index in [0.29, 0.717) is 52.1 Å². The van der Waals surface area contributed by atoms with E-state index in [1.54, 1.807) is 0 Å². The van der Waals surface area contributed by atoms with E-state index in [9.17, 15) is 9.59 Å². The molecule has 2 saturated heterocycles. The normalized spacial score (nSPS) is 20.6. The first-order chi connectivity index (χ1) is 14.2. The van der Waals surface area contributed by atoms with Crippen LogP contribution in [0.25, 0.3) is 0 Å². The highest BCUT2D eigenvalue weighted by atomic mass is 16.6. The van der Waals surface area contributed by atoms with Crippen LogP contribution in [0, 0.1) is 0 Å². The molecule has 2 aromatic carbocycles. The zero-order chi connectivity index (χ0) is 20.2. The number of hydrogen-bond donors (Lipinski definition) is 0. The molecule has 2 fully saturated rings. The second kappa shape index (κ2) is 8.47. The van der Waals surface area contributed by atoms with Gasteiger partial charge in [-0.3, -0.25) is 9.59 Å². The fraction of sp³-hybridized carbons (Fsp3) is 0.417. The topological polar surface area (TPSA) is 61.8 Å². The van der Waals surface area contributed by atoms with Crippen LogP contribution in [0.4, 0.5) is 0 Å². The molecule has 2 aliphatic rings. The van der Waals surface area contributed by atoms with Gasteiger partial charge in [-0.25, -0.2) is 0 Å². The Morgan fingerprint density at radius 1 is 0.621 bits per heavy atom. The number of ether oxygens (including phenoxy) is 3. The van der Waals surface area contributed by atoms with Gasteiger partial charge in [0.1, 0.15) is 0 Å². The maximum atomic E-state index is 13.4. The van der Waals surface area contributed by atoms with Gasteiger partial charge in [0, 0.05) is 26.4 Å². The highest BCUT2D eigenvalue weighted by molar-refractivity contribution is 5.96. The lowest BCUT2D eigenvalue weighted by Gasteiger charge is -2.38. The van der Waals surface area contributed by atoms with Gasteiger partial charge in [-0.05, 0) is 36.8 Å². The van der Waals surface area contributed by atoms with Crippen molar-refractivity contribution in [3.05, 3.63) is 71.8 Å². The maximum Gasteiger partial charge on any atom is 0.324 e. The average Bonchev–Trinajstić information content (AvgIpc) is 2.81. The zero-order valence-electron chi connectivity index (χ0n) is 16.5. The number of carbonyl (C=O) groups is 2. The molecule has 0 unspecified atom stereocenters. The van der Waals surface area contributed by atoms with Crippen molar-refractivity contribution in [3.8, 4) is 0 Å². The van der Waals surface area contributed by atoms with Crippen LogP contribution in [0.5, 0.6) is 0 Å². The summed E-state index contributed by atoms with van der Waals surface area (Å²) in [5, 5.41) is 0. The van der Waals surface area contributed by atoms with Gasteiger partial charge in [-0.2, -0.15) is 0 Å². The molecule has 4 rings (SSSR count). The van der Waals surface area contributed by atoms with E-state index in [1.807, 2.05) is 60.7 Å². The van der Waals surface area contributed by atoms with Crippen LogP contribution in [0.2, 0.25) is 0 Å². The highest BCUT2D eigenvalue weighted by Crippen LogP contribution is 2.40. The monoisotopic (exact) mass is 394 g/mol. The van der Waals surface area contributed by atoms with Gasteiger partial charge in [0.25, 0.3) is 0 Å². The summed E-state index contributed by atoms with van der Waals surface area (Å²) in [5.74, 6) is -0.947. The Morgan fingerprint density at radius 3 is 1.31 bits per heavy atom. The zero-order valence-corrected chi connectivity index (χ0v) is 16.5. The minimum absolute atomic E-state index is 0.468. The molecule has 0 radical (unpaired) electrons. The smallest absolute Gasteiger partial charge is 0.324 e. The molecule has 5 heteroatoms. The minimum Gasteiger partial charge on any atom is -0.392 e. The van der Waals surface area contributed by atoms with Crippen LogP contribution in [-0.2, 0) is 34.6 Å². The lowest BCUT2D eigenvalue weighted by Crippen LogP contribution is -2.48. The van der Waals surface area contributed by atoms with Crippen molar-refractivity contribution in [1.82, 2.24) is 0 Å². The van der Waals surface area contributed by atoms with Crippen LogP contribution < -0.4 is 0 Å². The lowest BCUT2D eigenvalue weighted by atomic mass is 9.73. The molecule has 0 bridgehead atoms. The summed E-state index contributed by atoms with van der Waals surface area (Å²) in [5.41, 5.74) is 0.0554. The Labute approximate surface area is 171 Å². The summed E-state index contributed by atoms with van der Waals surface area (Å²) in [6.07, 6.45) is 2.02. The number of rotatable bonds is 4. The van der Waals surface area contributed by atoms with Crippen molar-refractivity contribution in [2.75, 3.05) is 26.4 Å². The number of benzene rings is 2. The third kappa shape index (κ3) is 3.72. The number of hydrogen-bond acceptors (Lipinski definition) is 5. The van der Waals surface area contributed by atoms with E-state index in [4.69, 9.17) is 14.2 Å². The van der Waals surface area contributed by atoms with E-state index >= 15 is 0 Å². The Hall–Kier alpha value is -2.50. The van der Waals surface area contributed by atoms with E-state index in [2.05, 4.69) is 0 Å². The van der Waals surface area contributed by atoms with Crippen LogP contribution >= 0.6 is 0 Å². The molecule has 0 aliphatic carbocycles. The molecule has 0 spiro atoms. The largest absolute Gasteiger partial charge is 0.392 e. The lowest BCUT2D eigenvalue weighted by molar-refractivity contribution is -0.172. The van der Waals surface area contributed by atoms with Crippen LogP contribution in [-0.4, -0.2) is 38.4 Å². The van der Waals surface area contributed by atoms with Gasteiger partial charge < -0.3 is 14.2 Å². The van der Waals surface area contributed by atoms with Crippen molar-refractivity contribution in [2.45, 2.75) is 36.5 Å². The molecule has 2 heterocycles. The molecule has 0 saturated carbocycles. The first kappa shape index (κ1) is 19.8. The van der Waals surface area contributed by atoms with E-state index in [1.165, 1.54) is 0 Å². The predicted octanol–water partition coefficient (Wildman–Crippen LogP) is 3.55. The SMILES string of the molecule is O=C(OC(=O)C1(c2ccccc2)CCOCC1)C1(c2ccccc2)CCOCC1. The Morgan fingerprint density at radius 2 is 0.966 bits per heavy atom. The van der Waals surface area contributed by atoms with Gasteiger partial charge >= 0.3 is 11.9 Å². The van der Waals surface area contributed by atoms with Crippen LogP contribution in [0.1, 0.15) is 36.8 Å². The van der Waals surface area contributed by atoms with Crippen molar-refractivity contribution < 1.29 is 23.8 Å². The standard InChI is InChI=1S/C24H26O5/c25-21(23(11-15-27-16-12-23)19-7-3-1-4-8-19)29-22(26)24(13-17-28-18-14-24)20-9-5-2-6-10-20/h1-10H,11-18H2. The maximum absolute atomic E-state index is 13.4. The molecule has 0 amide bonds. The molecule has 5 nitrogen and oxygen atoms in total. The number of esters is 2. The van der Waals surface area contributed by atoms with Gasteiger partial charge in [-0.15, -0.1) is 0 Å². The Balaban J connectivity index is 1.64. The quantitative estimate of drug-likeness (QED) is 0.586. The second-order valence-corrected chi connectivity index (χ2v) is 7.80. The average molecular weight is 394 g/mol. The Bertz CT molecular complexity index is 763. The molecule has 0 N–H and O–H groups in total. The summed E-state index contributed by atoms with van der Waals surface area (Å²) in [6.45, 7) is 1.87. The summed E-state index contributed by atoms with van der Waals surface area (Å²) < 4.78 is 16.7. The number of carbonyl (C=O) groups excluding carboxylic acids is 2. The molecular formula is C24H26O5. The second-order valence-electron chi connectivity index (χ2n) is 7.80. The van der Waals surface area contributed by atoms with Gasteiger partial charge in [0.2, 0.25) is 0 Å². The van der Waals surface area contributed by atoms with Gasteiger partial charge in [-0.1, -0.05) is 60.7 Å². The predicted molar refractivity (Wildman–Crippen MR) is 107 cm³/mol. The third-order valence-corrected chi connectivity index (χ3v) is 6.31. The first-order valence-electron chi connectivity index (χ1n) is 10.2. The van der Waals surface area contributed by atoms with E-state index < -0.39 is 22.8 Å². The fourth-order valence-electron chi connectivity index (χ4n) is 4.45. The summed E-state index contributed by atoms with van der Waals surface area (Å²) in [7, 11) is 0. The van der Waals surface area contributed by atoms with E-state index in [-0.39, 0.29) is 0 Å². The molecule has 29 heavy (non-hydrogen) atoms. The first-order valence-corrected chi connectivity index (χ1v) is 10.2. The van der Waals surface area contributed by atoms with Crippen molar-refractivity contribution in [1.29, 1.82) is 0 Å². The minimum atomic E-state index is -0.849. The molecule has 0 aromatic heterocycles. The third-order valence-electron chi connectivity index (χ3n) is 6.31. The van der Waals surface area contributed by atoms with E-state index in [0.717, 1.165) is 11.1 Å². The van der Waals surface area contributed by atoms with Crippen LogP contribution in [0.15, 0.2) is 60.7 Å². The van der Waals surface area contributed by atoms with Gasteiger partial charge in [0.15, 0.2) is 0 Å². The molecule has 0 atom stereocenters. The van der Waals surface area contributed by atoms with Crippen molar-refractivity contribution in [2.24, 2.45) is 0 Å². The van der Waals surface area contributed by atoms with Gasteiger partial charge in [0.05, 0.1) is 10.8 Å². The molecule has 152 valence electrons.